The van der Waals surface area contributed by atoms with Crippen LogP contribution in [0.3, 0.4) is 0 Å². The fourth-order valence-electron chi connectivity index (χ4n) is 4.06. The van der Waals surface area contributed by atoms with E-state index in [-0.39, 0.29) is 12.4 Å². The van der Waals surface area contributed by atoms with Crippen molar-refractivity contribution in [1.29, 1.82) is 0 Å². The summed E-state index contributed by atoms with van der Waals surface area (Å²) in [6.07, 6.45) is 11.5. The van der Waals surface area contributed by atoms with Crippen molar-refractivity contribution in [2.24, 2.45) is 5.92 Å². The van der Waals surface area contributed by atoms with E-state index in [1.54, 1.807) is 0 Å². The first kappa shape index (κ1) is 20.2. The summed E-state index contributed by atoms with van der Waals surface area (Å²) in [5, 5.41) is 16.1. The normalized spacial score (nSPS) is 22.2. The van der Waals surface area contributed by atoms with E-state index in [2.05, 4.69) is 22.8 Å². The lowest BCUT2D eigenvalue weighted by atomic mass is 9.96. The average molecular weight is 374 g/mol. The Morgan fingerprint density at radius 2 is 1.83 bits per heavy atom. The van der Waals surface area contributed by atoms with Gasteiger partial charge in [0.15, 0.2) is 0 Å². The molecule has 0 saturated heterocycles. The zero-order valence-electron chi connectivity index (χ0n) is 14.5. The summed E-state index contributed by atoms with van der Waals surface area (Å²) in [5.41, 5.74) is 0. The number of hydrogen-bond donors (Lipinski definition) is 2. The van der Waals surface area contributed by atoms with E-state index in [9.17, 15) is 5.11 Å². The SMILES string of the molecule is Cl.OC(CNC(c1cccs1)C1CCCC1)COC1CCCCC1. The molecule has 0 aliphatic heterocycles. The molecule has 2 aliphatic carbocycles. The Bertz CT molecular complexity index is 431. The quantitative estimate of drug-likeness (QED) is 0.693. The number of ether oxygens (including phenoxy) is 1. The van der Waals surface area contributed by atoms with E-state index in [1.165, 1.54) is 62.7 Å². The van der Waals surface area contributed by atoms with E-state index < -0.39 is 6.10 Å². The first-order valence-corrected chi connectivity index (χ1v) is 10.3. The zero-order chi connectivity index (χ0) is 15.9. The minimum Gasteiger partial charge on any atom is -0.389 e. The van der Waals surface area contributed by atoms with E-state index in [4.69, 9.17) is 4.74 Å². The zero-order valence-corrected chi connectivity index (χ0v) is 16.1. The molecule has 2 saturated carbocycles. The lowest BCUT2D eigenvalue weighted by Crippen LogP contribution is -2.36. The first-order valence-electron chi connectivity index (χ1n) is 9.39. The molecule has 5 heteroatoms. The number of halogens is 1. The summed E-state index contributed by atoms with van der Waals surface area (Å²) in [6.45, 7) is 1.10. The van der Waals surface area contributed by atoms with Crippen LogP contribution < -0.4 is 5.32 Å². The standard InChI is InChI=1S/C19H31NO2S.ClH/c21-16(14-22-17-9-2-1-3-10-17)13-20-19(15-7-4-5-8-15)18-11-6-12-23-18;/h6,11-12,15-17,19-21H,1-5,7-10,13-14H2;1H. The van der Waals surface area contributed by atoms with Crippen molar-refractivity contribution in [3.8, 4) is 0 Å². The maximum absolute atomic E-state index is 10.3. The van der Waals surface area contributed by atoms with Crippen molar-refractivity contribution in [3.05, 3.63) is 22.4 Å². The smallest absolute Gasteiger partial charge is 0.0898 e. The molecule has 0 bridgehead atoms. The van der Waals surface area contributed by atoms with Gasteiger partial charge in [-0.1, -0.05) is 38.2 Å². The van der Waals surface area contributed by atoms with Gasteiger partial charge >= 0.3 is 0 Å². The molecule has 2 unspecified atom stereocenters. The van der Waals surface area contributed by atoms with Gasteiger partial charge in [0.1, 0.15) is 0 Å². The van der Waals surface area contributed by atoms with Crippen LogP contribution in [0, 0.1) is 5.92 Å². The molecule has 2 fully saturated rings. The van der Waals surface area contributed by atoms with Gasteiger partial charge in [-0.3, -0.25) is 0 Å². The molecular weight excluding hydrogens is 342 g/mol. The molecule has 0 spiro atoms. The topological polar surface area (TPSA) is 41.5 Å². The Morgan fingerprint density at radius 1 is 1.12 bits per heavy atom. The lowest BCUT2D eigenvalue weighted by Gasteiger charge is -2.27. The Kier molecular flexibility index (Phi) is 9.06. The number of thiophene rings is 1. The van der Waals surface area contributed by atoms with Crippen molar-refractivity contribution in [2.75, 3.05) is 13.2 Å². The van der Waals surface area contributed by atoms with Crippen LogP contribution in [0.5, 0.6) is 0 Å². The Hall–Kier alpha value is -0.130. The minimum atomic E-state index is -0.402. The van der Waals surface area contributed by atoms with Crippen LogP contribution in [0.2, 0.25) is 0 Å². The fourth-order valence-corrected chi connectivity index (χ4v) is 4.95. The highest BCUT2D eigenvalue weighted by Gasteiger charge is 2.27. The third kappa shape index (κ3) is 5.99. The summed E-state index contributed by atoms with van der Waals surface area (Å²) in [6, 6.07) is 4.76. The Labute approximate surface area is 156 Å². The molecule has 3 rings (SSSR count). The predicted octanol–water partition coefficient (Wildman–Crippen LogP) is 4.70. The second kappa shape index (κ2) is 10.8. The van der Waals surface area contributed by atoms with E-state index in [0.717, 1.165) is 5.92 Å². The molecule has 2 atom stereocenters. The Balaban J connectivity index is 0.00000208. The molecule has 2 N–H and O–H groups in total. The summed E-state index contributed by atoms with van der Waals surface area (Å²) < 4.78 is 5.91. The van der Waals surface area contributed by atoms with Crippen molar-refractivity contribution in [1.82, 2.24) is 5.32 Å². The van der Waals surface area contributed by atoms with Gasteiger partial charge in [-0.2, -0.15) is 0 Å². The van der Waals surface area contributed by atoms with Gasteiger partial charge in [-0.15, -0.1) is 23.7 Å². The van der Waals surface area contributed by atoms with Gasteiger partial charge in [0, 0.05) is 17.5 Å². The van der Waals surface area contributed by atoms with Crippen LogP contribution in [0.25, 0.3) is 0 Å². The van der Waals surface area contributed by atoms with Crippen molar-refractivity contribution in [3.63, 3.8) is 0 Å². The number of rotatable bonds is 8. The molecule has 1 heterocycles. The molecular formula is C19H32ClNO2S. The summed E-state index contributed by atoms with van der Waals surface area (Å²) in [7, 11) is 0. The molecule has 0 radical (unpaired) electrons. The second-order valence-electron chi connectivity index (χ2n) is 7.19. The minimum absolute atomic E-state index is 0. The van der Waals surface area contributed by atoms with Gasteiger partial charge in [-0.25, -0.2) is 0 Å². The lowest BCUT2D eigenvalue weighted by molar-refractivity contribution is -0.0240. The highest BCUT2D eigenvalue weighted by molar-refractivity contribution is 7.10. The van der Waals surface area contributed by atoms with Gasteiger partial charge in [0.05, 0.1) is 18.8 Å². The summed E-state index contributed by atoms with van der Waals surface area (Å²) in [5.74, 6) is 0.722. The predicted molar refractivity (Wildman–Crippen MR) is 103 cm³/mol. The van der Waals surface area contributed by atoms with E-state index in [0.29, 0.717) is 25.3 Å². The monoisotopic (exact) mass is 373 g/mol. The first-order chi connectivity index (χ1) is 11.3. The third-order valence-electron chi connectivity index (χ3n) is 5.37. The number of hydrogen-bond acceptors (Lipinski definition) is 4. The number of nitrogens with one attached hydrogen (secondary N) is 1. The van der Waals surface area contributed by atoms with Crippen LogP contribution >= 0.6 is 23.7 Å². The molecule has 0 amide bonds. The van der Waals surface area contributed by atoms with Crippen LogP contribution in [0.15, 0.2) is 17.5 Å². The number of aliphatic hydroxyl groups excluding tert-OH is 1. The van der Waals surface area contributed by atoms with Gasteiger partial charge in [0.2, 0.25) is 0 Å². The molecule has 0 aromatic carbocycles. The van der Waals surface area contributed by atoms with Gasteiger partial charge < -0.3 is 15.2 Å². The maximum atomic E-state index is 10.3. The van der Waals surface area contributed by atoms with Gasteiger partial charge in [0.25, 0.3) is 0 Å². The molecule has 2 aliphatic rings. The molecule has 138 valence electrons. The van der Waals surface area contributed by atoms with Crippen molar-refractivity contribution < 1.29 is 9.84 Å². The summed E-state index contributed by atoms with van der Waals surface area (Å²) >= 11 is 1.83. The Morgan fingerprint density at radius 3 is 2.50 bits per heavy atom. The van der Waals surface area contributed by atoms with Crippen molar-refractivity contribution >= 4 is 23.7 Å². The highest BCUT2D eigenvalue weighted by Crippen LogP contribution is 2.37. The van der Waals surface area contributed by atoms with Gasteiger partial charge in [-0.05, 0) is 43.0 Å². The largest absolute Gasteiger partial charge is 0.389 e. The van der Waals surface area contributed by atoms with E-state index >= 15 is 0 Å². The van der Waals surface area contributed by atoms with Crippen LogP contribution in [0.1, 0.15) is 68.7 Å². The fraction of sp³-hybridized carbons (Fsp3) is 0.789. The van der Waals surface area contributed by atoms with Crippen LogP contribution in [-0.4, -0.2) is 30.5 Å². The van der Waals surface area contributed by atoms with E-state index in [1.807, 2.05) is 11.3 Å². The summed E-state index contributed by atoms with van der Waals surface area (Å²) in [4.78, 5) is 1.41. The van der Waals surface area contributed by atoms with Crippen LogP contribution in [-0.2, 0) is 4.74 Å². The highest BCUT2D eigenvalue weighted by atomic mass is 35.5. The number of aliphatic hydroxyl groups is 1. The third-order valence-corrected chi connectivity index (χ3v) is 6.33. The second-order valence-corrected chi connectivity index (χ2v) is 8.17. The van der Waals surface area contributed by atoms with Crippen molar-refractivity contribution in [2.45, 2.75) is 76.0 Å². The molecule has 1 aromatic heterocycles. The average Bonchev–Trinajstić information content (AvgIpc) is 3.28. The van der Waals surface area contributed by atoms with Crippen LogP contribution in [0.4, 0.5) is 0 Å². The molecule has 1 aromatic rings. The maximum Gasteiger partial charge on any atom is 0.0898 e. The molecule has 24 heavy (non-hydrogen) atoms. The molecule has 3 nitrogen and oxygen atoms in total.